The lowest BCUT2D eigenvalue weighted by Crippen LogP contribution is -1.98. The summed E-state index contributed by atoms with van der Waals surface area (Å²) < 4.78 is 5.23. The van der Waals surface area contributed by atoms with E-state index in [9.17, 15) is 0 Å². The lowest BCUT2D eigenvalue weighted by Gasteiger charge is -2.01. The molecule has 1 heterocycles. The monoisotopic (exact) mass is 151 g/mol. The van der Waals surface area contributed by atoms with Gasteiger partial charge >= 0.3 is 0 Å². The number of ether oxygens (including phenoxy) is 1. The first-order chi connectivity index (χ1) is 5.43. The van der Waals surface area contributed by atoms with Crippen LogP contribution in [0.2, 0.25) is 0 Å². The van der Waals surface area contributed by atoms with Gasteiger partial charge < -0.3 is 4.74 Å². The Morgan fingerprint density at radius 1 is 1.45 bits per heavy atom. The predicted octanol–water partition coefficient (Wildman–Crippen LogP) is 1.47. The Hall–Kier alpha value is -1.12. The number of hydrogen-bond donors (Lipinski definition) is 0. The molecule has 1 aromatic heterocycles. The van der Waals surface area contributed by atoms with E-state index in [2.05, 4.69) is 16.9 Å². The summed E-state index contributed by atoms with van der Waals surface area (Å²) in [5.74, 6) is 0.584. The molecule has 0 aromatic carbocycles. The van der Waals surface area contributed by atoms with Gasteiger partial charge in [-0.1, -0.05) is 13.3 Å². The zero-order valence-electron chi connectivity index (χ0n) is 6.36. The van der Waals surface area contributed by atoms with Crippen LogP contribution in [-0.4, -0.2) is 16.6 Å². The molecular weight excluding hydrogens is 140 g/mol. The third-order valence-corrected chi connectivity index (χ3v) is 1.18. The van der Waals surface area contributed by atoms with Crippen LogP contribution in [-0.2, 0) is 0 Å². The van der Waals surface area contributed by atoms with Crippen molar-refractivity contribution in [1.82, 2.24) is 9.97 Å². The van der Waals surface area contributed by atoms with Crippen molar-refractivity contribution < 1.29 is 4.74 Å². The first-order valence-electron chi connectivity index (χ1n) is 3.61. The second-order valence-electron chi connectivity index (χ2n) is 2.10. The molecule has 0 aliphatic carbocycles. The van der Waals surface area contributed by atoms with Crippen molar-refractivity contribution in [2.75, 3.05) is 6.61 Å². The Morgan fingerprint density at radius 3 is 3.00 bits per heavy atom. The summed E-state index contributed by atoms with van der Waals surface area (Å²) in [6, 6.07) is 0. The van der Waals surface area contributed by atoms with Crippen LogP contribution in [0.1, 0.15) is 12.8 Å². The minimum atomic E-state index is 0.584. The molecule has 11 heavy (non-hydrogen) atoms. The Labute approximate surface area is 66.4 Å². The Morgan fingerprint density at radius 2 is 2.36 bits per heavy atom. The fourth-order valence-electron chi connectivity index (χ4n) is 0.639. The molecule has 0 fully saturated rings. The molecule has 0 saturated heterocycles. The van der Waals surface area contributed by atoms with Crippen LogP contribution in [0.5, 0.6) is 5.88 Å². The van der Waals surface area contributed by atoms with Gasteiger partial charge in [-0.15, -0.1) is 0 Å². The highest BCUT2D eigenvalue weighted by atomic mass is 16.5. The second-order valence-corrected chi connectivity index (χ2v) is 2.10. The highest BCUT2D eigenvalue weighted by Gasteiger charge is 1.90. The normalized spacial score (nSPS) is 9.55. The maximum Gasteiger partial charge on any atom is 0.232 e. The number of rotatable bonds is 4. The number of unbranched alkanes of at least 4 members (excludes halogenated alkanes) is 1. The van der Waals surface area contributed by atoms with Crippen LogP contribution in [0.4, 0.5) is 0 Å². The lowest BCUT2D eigenvalue weighted by atomic mass is 10.4. The third-order valence-electron chi connectivity index (χ3n) is 1.18. The van der Waals surface area contributed by atoms with Crippen LogP contribution in [0.25, 0.3) is 0 Å². The zero-order chi connectivity index (χ0) is 7.94. The summed E-state index contributed by atoms with van der Waals surface area (Å²) in [4.78, 5) is 7.81. The molecule has 1 aromatic rings. The standard InChI is InChI=1S/C8H11N2O/c1-2-3-6-11-8-7-9-4-5-10-8/h4-5,7H,1-3,6H2. The Kier molecular flexibility index (Phi) is 3.38. The zero-order valence-corrected chi connectivity index (χ0v) is 6.36. The maximum absolute atomic E-state index is 5.23. The van der Waals surface area contributed by atoms with Crippen LogP contribution < -0.4 is 4.74 Å². The molecule has 0 atom stereocenters. The first kappa shape index (κ1) is 7.98. The molecule has 0 spiro atoms. The van der Waals surface area contributed by atoms with Crippen molar-refractivity contribution >= 4 is 0 Å². The molecule has 0 amide bonds. The van der Waals surface area contributed by atoms with Crippen LogP contribution in [0.3, 0.4) is 0 Å². The molecule has 0 N–H and O–H groups in total. The lowest BCUT2D eigenvalue weighted by molar-refractivity contribution is 0.298. The highest BCUT2D eigenvalue weighted by molar-refractivity contribution is 5.00. The summed E-state index contributed by atoms with van der Waals surface area (Å²) in [5.41, 5.74) is 0. The minimum absolute atomic E-state index is 0.584. The maximum atomic E-state index is 5.23. The van der Waals surface area contributed by atoms with Gasteiger partial charge in [0.1, 0.15) is 0 Å². The van der Waals surface area contributed by atoms with E-state index >= 15 is 0 Å². The van der Waals surface area contributed by atoms with E-state index in [4.69, 9.17) is 4.74 Å². The van der Waals surface area contributed by atoms with Gasteiger partial charge in [0, 0.05) is 12.4 Å². The minimum Gasteiger partial charge on any atom is -0.477 e. The van der Waals surface area contributed by atoms with E-state index in [-0.39, 0.29) is 0 Å². The van der Waals surface area contributed by atoms with Crippen molar-refractivity contribution in [2.24, 2.45) is 0 Å². The molecule has 0 bridgehead atoms. The first-order valence-corrected chi connectivity index (χ1v) is 3.61. The quantitative estimate of drug-likeness (QED) is 0.611. The third kappa shape index (κ3) is 2.98. The summed E-state index contributed by atoms with van der Waals surface area (Å²) in [6.45, 7) is 4.37. The van der Waals surface area contributed by atoms with E-state index in [0.29, 0.717) is 12.5 Å². The molecule has 3 nitrogen and oxygen atoms in total. The van der Waals surface area contributed by atoms with E-state index < -0.39 is 0 Å². The van der Waals surface area contributed by atoms with Crippen molar-refractivity contribution in [3.63, 3.8) is 0 Å². The van der Waals surface area contributed by atoms with E-state index in [1.807, 2.05) is 0 Å². The van der Waals surface area contributed by atoms with E-state index in [0.717, 1.165) is 12.8 Å². The molecular formula is C8H11N2O. The fourth-order valence-corrected chi connectivity index (χ4v) is 0.639. The van der Waals surface area contributed by atoms with E-state index in [1.54, 1.807) is 18.6 Å². The summed E-state index contributed by atoms with van der Waals surface area (Å²) in [6.07, 6.45) is 6.67. The molecule has 0 saturated carbocycles. The number of hydrogen-bond acceptors (Lipinski definition) is 3. The average Bonchev–Trinajstić information content (AvgIpc) is 2.07. The Bertz CT molecular complexity index is 189. The number of nitrogens with zero attached hydrogens (tertiary/aromatic N) is 2. The molecule has 1 rings (SSSR count). The SMILES string of the molecule is [CH2]CCCOc1cnccn1. The Balaban J connectivity index is 2.28. The largest absolute Gasteiger partial charge is 0.477 e. The van der Waals surface area contributed by atoms with Gasteiger partial charge in [0.15, 0.2) is 0 Å². The van der Waals surface area contributed by atoms with Gasteiger partial charge in [-0.25, -0.2) is 4.98 Å². The molecule has 0 unspecified atom stereocenters. The number of aromatic nitrogens is 2. The van der Waals surface area contributed by atoms with Gasteiger partial charge in [-0.3, -0.25) is 4.98 Å². The van der Waals surface area contributed by atoms with Gasteiger partial charge in [0.25, 0.3) is 0 Å². The topological polar surface area (TPSA) is 35.0 Å². The summed E-state index contributed by atoms with van der Waals surface area (Å²) in [7, 11) is 0. The van der Waals surface area contributed by atoms with Crippen LogP contribution in [0, 0.1) is 6.92 Å². The second kappa shape index (κ2) is 4.66. The summed E-state index contributed by atoms with van der Waals surface area (Å²) in [5, 5.41) is 0. The average molecular weight is 151 g/mol. The van der Waals surface area contributed by atoms with E-state index in [1.165, 1.54) is 0 Å². The van der Waals surface area contributed by atoms with Crippen LogP contribution in [0.15, 0.2) is 18.6 Å². The van der Waals surface area contributed by atoms with Gasteiger partial charge in [-0.2, -0.15) is 0 Å². The van der Waals surface area contributed by atoms with Crippen molar-refractivity contribution in [1.29, 1.82) is 0 Å². The predicted molar refractivity (Wildman–Crippen MR) is 42.1 cm³/mol. The van der Waals surface area contributed by atoms with Gasteiger partial charge in [0.2, 0.25) is 5.88 Å². The van der Waals surface area contributed by atoms with Crippen molar-refractivity contribution in [3.05, 3.63) is 25.5 Å². The highest BCUT2D eigenvalue weighted by Crippen LogP contribution is 2.01. The van der Waals surface area contributed by atoms with Crippen LogP contribution >= 0.6 is 0 Å². The molecule has 59 valence electrons. The molecule has 0 aliphatic heterocycles. The summed E-state index contributed by atoms with van der Waals surface area (Å²) >= 11 is 0. The molecule has 1 radical (unpaired) electrons. The fraction of sp³-hybridized carbons (Fsp3) is 0.375. The molecule has 3 heteroatoms. The van der Waals surface area contributed by atoms with Gasteiger partial charge in [-0.05, 0) is 6.42 Å². The molecule has 0 aliphatic rings. The van der Waals surface area contributed by atoms with Crippen molar-refractivity contribution in [2.45, 2.75) is 12.8 Å². The smallest absolute Gasteiger partial charge is 0.232 e. The van der Waals surface area contributed by atoms with Crippen molar-refractivity contribution in [3.8, 4) is 5.88 Å². The van der Waals surface area contributed by atoms with Gasteiger partial charge in [0.05, 0.1) is 12.8 Å².